The lowest BCUT2D eigenvalue weighted by Gasteiger charge is -2.33. The molecule has 2 amide bonds. The van der Waals surface area contributed by atoms with Crippen molar-refractivity contribution in [3.05, 3.63) is 95.3 Å². The van der Waals surface area contributed by atoms with Crippen molar-refractivity contribution in [2.75, 3.05) is 10.8 Å². The maximum Gasteiger partial charge on any atom is 0.264 e. The van der Waals surface area contributed by atoms with Gasteiger partial charge in [0.25, 0.3) is 10.0 Å². The van der Waals surface area contributed by atoms with Crippen molar-refractivity contribution in [3.8, 4) is 0 Å². The molecule has 0 aromatic heterocycles. The number of benzene rings is 3. The number of rotatable bonds is 9. The molecular formula is C28H31ClFN3O4S. The Morgan fingerprint density at radius 1 is 0.974 bits per heavy atom. The van der Waals surface area contributed by atoms with E-state index >= 15 is 0 Å². The quantitative estimate of drug-likeness (QED) is 0.399. The minimum atomic E-state index is -4.26. The largest absolute Gasteiger partial charge is 0.350 e. The van der Waals surface area contributed by atoms with E-state index in [4.69, 9.17) is 11.6 Å². The monoisotopic (exact) mass is 559 g/mol. The van der Waals surface area contributed by atoms with Crippen LogP contribution in [0.4, 0.5) is 10.1 Å². The van der Waals surface area contributed by atoms with Crippen LogP contribution in [-0.4, -0.2) is 43.3 Å². The molecule has 202 valence electrons. The van der Waals surface area contributed by atoms with Gasteiger partial charge in [-0.1, -0.05) is 41.9 Å². The molecule has 0 saturated heterocycles. The number of nitrogens with one attached hydrogen (secondary N) is 1. The van der Waals surface area contributed by atoms with Gasteiger partial charge in [0.05, 0.1) is 10.6 Å². The summed E-state index contributed by atoms with van der Waals surface area (Å²) in [6, 6.07) is 18.5. The summed E-state index contributed by atoms with van der Waals surface area (Å²) in [5.74, 6) is -1.57. The molecule has 0 radical (unpaired) electrons. The second-order valence-electron chi connectivity index (χ2n) is 9.87. The molecule has 1 N–H and O–H groups in total. The maximum absolute atomic E-state index is 13.8. The van der Waals surface area contributed by atoms with Crippen molar-refractivity contribution in [3.63, 3.8) is 0 Å². The summed E-state index contributed by atoms with van der Waals surface area (Å²) in [6.45, 7) is 6.51. The van der Waals surface area contributed by atoms with Crippen LogP contribution in [0, 0.1) is 5.82 Å². The fourth-order valence-electron chi connectivity index (χ4n) is 3.75. The molecule has 0 bridgehead atoms. The van der Waals surface area contributed by atoms with E-state index in [-0.39, 0.29) is 23.0 Å². The van der Waals surface area contributed by atoms with Crippen molar-refractivity contribution in [1.29, 1.82) is 0 Å². The molecule has 0 fully saturated rings. The van der Waals surface area contributed by atoms with Gasteiger partial charge in [-0.3, -0.25) is 13.9 Å². The molecular weight excluding hydrogens is 529 g/mol. The lowest BCUT2D eigenvalue weighted by molar-refractivity contribution is -0.140. The molecule has 0 aliphatic heterocycles. The Labute approximate surface area is 228 Å². The van der Waals surface area contributed by atoms with E-state index in [1.807, 2.05) is 20.8 Å². The second-order valence-corrected chi connectivity index (χ2v) is 12.2. The molecule has 3 aromatic rings. The van der Waals surface area contributed by atoms with Gasteiger partial charge in [-0.15, -0.1) is 0 Å². The topological polar surface area (TPSA) is 86.8 Å². The minimum Gasteiger partial charge on any atom is -0.350 e. The first kappa shape index (κ1) is 29.1. The van der Waals surface area contributed by atoms with E-state index in [0.717, 1.165) is 28.6 Å². The second kappa shape index (κ2) is 12.0. The van der Waals surface area contributed by atoms with Crippen LogP contribution in [0.3, 0.4) is 0 Å². The molecule has 0 spiro atoms. The van der Waals surface area contributed by atoms with Crippen molar-refractivity contribution in [2.45, 2.75) is 50.7 Å². The number of nitrogens with zero attached hydrogens (tertiary/aromatic N) is 2. The van der Waals surface area contributed by atoms with Crippen LogP contribution in [0.25, 0.3) is 0 Å². The summed E-state index contributed by atoms with van der Waals surface area (Å²) in [7, 11) is -4.26. The van der Waals surface area contributed by atoms with Crippen molar-refractivity contribution < 1.29 is 22.4 Å². The number of carbonyl (C=O) groups is 2. The zero-order valence-corrected chi connectivity index (χ0v) is 23.3. The lowest BCUT2D eigenvalue weighted by Crippen LogP contribution is -2.54. The summed E-state index contributed by atoms with van der Waals surface area (Å²) in [5.41, 5.74) is 0.381. The number of anilines is 1. The number of amides is 2. The molecule has 0 aliphatic rings. The standard InChI is InChI=1S/C28H31ClFN3O4S/c1-20(27(35)31-28(2,3)4)32(18-21-9-8-10-22(29)17-21)26(34)19-33(24-11-6-5-7-12-24)38(36,37)25-15-13-23(30)14-16-25/h5-17,20H,18-19H2,1-4H3,(H,31,35)/t20-/m1/s1. The first-order valence-electron chi connectivity index (χ1n) is 12.0. The van der Waals surface area contributed by atoms with Gasteiger partial charge in [0.2, 0.25) is 11.8 Å². The third-order valence-electron chi connectivity index (χ3n) is 5.63. The Kier molecular flexibility index (Phi) is 9.17. The molecule has 0 saturated carbocycles. The SMILES string of the molecule is C[C@H](C(=O)NC(C)(C)C)N(Cc1cccc(Cl)c1)C(=O)CN(c1ccccc1)S(=O)(=O)c1ccc(F)cc1. The molecule has 7 nitrogen and oxygen atoms in total. The molecule has 0 heterocycles. The molecule has 3 aromatic carbocycles. The first-order chi connectivity index (χ1) is 17.8. The summed E-state index contributed by atoms with van der Waals surface area (Å²) >= 11 is 6.14. The third-order valence-corrected chi connectivity index (χ3v) is 7.66. The van der Waals surface area contributed by atoms with Gasteiger partial charge in [0.1, 0.15) is 18.4 Å². The normalized spacial score (nSPS) is 12.5. The summed E-state index contributed by atoms with van der Waals surface area (Å²) in [4.78, 5) is 28.0. The first-order valence-corrected chi connectivity index (χ1v) is 13.8. The van der Waals surface area contributed by atoms with Crippen LogP contribution in [0.5, 0.6) is 0 Å². The molecule has 0 aliphatic carbocycles. The van der Waals surface area contributed by atoms with E-state index in [1.54, 1.807) is 61.5 Å². The molecule has 10 heteroatoms. The van der Waals surface area contributed by atoms with Crippen LogP contribution in [0.2, 0.25) is 5.02 Å². The van der Waals surface area contributed by atoms with Crippen molar-refractivity contribution >= 4 is 39.1 Å². The van der Waals surface area contributed by atoms with Gasteiger partial charge in [-0.05, 0) is 81.8 Å². The Bertz CT molecular complexity index is 1380. The van der Waals surface area contributed by atoms with Gasteiger partial charge in [0.15, 0.2) is 0 Å². The smallest absolute Gasteiger partial charge is 0.264 e. The highest BCUT2D eigenvalue weighted by Crippen LogP contribution is 2.25. The van der Waals surface area contributed by atoms with Gasteiger partial charge < -0.3 is 10.2 Å². The highest BCUT2D eigenvalue weighted by Gasteiger charge is 2.33. The summed E-state index contributed by atoms with van der Waals surface area (Å²) < 4.78 is 41.7. The Morgan fingerprint density at radius 2 is 1.61 bits per heavy atom. The van der Waals surface area contributed by atoms with E-state index in [1.165, 1.54) is 4.90 Å². The zero-order valence-electron chi connectivity index (χ0n) is 21.7. The van der Waals surface area contributed by atoms with Crippen LogP contribution >= 0.6 is 11.6 Å². The predicted molar refractivity (Wildman–Crippen MR) is 147 cm³/mol. The fraction of sp³-hybridized carbons (Fsp3) is 0.286. The summed E-state index contributed by atoms with van der Waals surface area (Å²) in [5, 5.41) is 3.34. The number of sulfonamides is 1. The van der Waals surface area contributed by atoms with Crippen LogP contribution < -0.4 is 9.62 Å². The van der Waals surface area contributed by atoms with E-state index in [0.29, 0.717) is 10.6 Å². The van der Waals surface area contributed by atoms with Crippen molar-refractivity contribution in [2.24, 2.45) is 0 Å². The number of para-hydroxylation sites is 1. The average Bonchev–Trinajstić information content (AvgIpc) is 2.85. The Hall–Kier alpha value is -3.43. The van der Waals surface area contributed by atoms with Gasteiger partial charge >= 0.3 is 0 Å². The maximum atomic E-state index is 13.8. The van der Waals surface area contributed by atoms with E-state index in [9.17, 15) is 22.4 Å². The zero-order chi connectivity index (χ0) is 28.1. The van der Waals surface area contributed by atoms with E-state index < -0.39 is 39.9 Å². The van der Waals surface area contributed by atoms with Gasteiger partial charge in [0, 0.05) is 17.1 Å². The molecule has 0 unspecified atom stereocenters. The predicted octanol–water partition coefficient (Wildman–Crippen LogP) is 5.01. The van der Waals surface area contributed by atoms with Gasteiger partial charge in [-0.25, -0.2) is 12.8 Å². The molecule has 1 atom stereocenters. The number of hydrogen-bond donors (Lipinski definition) is 1. The van der Waals surface area contributed by atoms with Crippen LogP contribution in [0.1, 0.15) is 33.3 Å². The van der Waals surface area contributed by atoms with Crippen molar-refractivity contribution in [1.82, 2.24) is 10.2 Å². The highest BCUT2D eigenvalue weighted by atomic mass is 35.5. The Balaban J connectivity index is 2.01. The van der Waals surface area contributed by atoms with Gasteiger partial charge in [-0.2, -0.15) is 0 Å². The molecule has 3 rings (SSSR count). The number of halogens is 2. The summed E-state index contributed by atoms with van der Waals surface area (Å²) in [6.07, 6.45) is 0. The minimum absolute atomic E-state index is 0.0251. The number of carbonyl (C=O) groups excluding carboxylic acids is 2. The fourth-order valence-corrected chi connectivity index (χ4v) is 5.37. The van der Waals surface area contributed by atoms with E-state index in [2.05, 4.69) is 5.32 Å². The average molecular weight is 560 g/mol. The number of hydrogen-bond acceptors (Lipinski definition) is 4. The Morgan fingerprint density at radius 3 is 2.18 bits per heavy atom. The lowest BCUT2D eigenvalue weighted by atomic mass is 10.1. The van der Waals surface area contributed by atoms with Crippen LogP contribution in [0.15, 0.2) is 83.8 Å². The molecule has 38 heavy (non-hydrogen) atoms. The highest BCUT2D eigenvalue weighted by molar-refractivity contribution is 7.92. The van der Waals surface area contributed by atoms with Crippen LogP contribution in [-0.2, 0) is 26.2 Å². The third kappa shape index (κ3) is 7.55.